The van der Waals surface area contributed by atoms with Crippen molar-refractivity contribution in [1.29, 1.82) is 0 Å². The monoisotopic (exact) mass is 441 g/mol. The maximum atomic E-state index is 13.2. The molecule has 0 radical (unpaired) electrons. The average molecular weight is 442 g/mol. The van der Waals surface area contributed by atoms with E-state index in [9.17, 15) is 9.59 Å². The molecule has 5 heteroatoms. The van der Waals surface area contributed by atoms with E-state index in [0.717, 1.165) is 41.8 Å². The summed E-state index contributed by atoms with van der Waals surface area (Å²) in [6, 6.07) is 9.69. The molecule has 0 aliphatic carbocycles. The first-order chi connectivity index (χ1) is 15.1. The van der Waals surface area contributed by atoms with E-state index in [0.29, 0.717) is 36.3 Å². The van der Waals surface area contributed by atoms with Crippen molar-refractivity contribution in [3.8, 4) is 11.3 Å². The quantitative estimate of drug-likeness (QED) is 0.265. The zero-order valence-electron chi connectivity index (χ0n) is 19.3. The fourth-order valence-electron chi connectivity index (χ4n) is 3.60. The predicted molar refractivity (Wildman–Crippen MR) is 130 cm³/mol. The highest BCUT2D eigenvalue weighted by atomic mass is 32.2. The number of aromatic nitrogens is 1. The number of carbonyl (C=O) groups is 2. The molecule has 1 aromatic carbocycles. The van der Waals surface area contributed by atoms with Gasteiger partial charge in [-0.15, -0.1) is 0 Å². The summed E-state index contributed by atoms with van der Waals surface area (Å²) in [5, 5.41) is 0.0156. The van der Waals surface area contributed by atoms with Crippen molar-refractivity contribution in [2.75, 3.05) is 12.4 Å². The number of benzene rings is 1. The number of hydrogen-bond donors (Lipinski definition) is 0. The van der Waals surface area contributed by atoms with Gasteiger partial charge in [0.1, 0.15) is 0 Å². The standard InChI is InChI=1S/C26H35NO3S/c1-5-9-10-14-18-31-26(29)22-20(7-3)23(25(28)30-17-6-2)24(27-21(22)8-4)19-15-12-11-13-16-19/h11-13,15-16H,5-10,14,17-18H2,1-4H3. The van der Waals surface area contributed by atoms with Gasteiger partial charge in [0.05, 0.1) is 29.1 Å². The molecule has 4 nitrogen and oxygen atoms in total. The Hall–Kier alpha value is -2.14. The highest BCUT2D eigenvalue weighted by molar-refractivity contribution is 8.14. The second kappa shape index (κ2) is 13.3. The maximum Gasteiger partial charge on any atom is 0.340 e. The number of pyridine rings is 1. The number of rotatable bonds is 12. The molecule has 1 heterocycles. The molecule has 0 saturated carbocycles. The van der Waals surface area contributed by atoms with Crippen LogP contribution in [0.4, 0.5) is 0 Å². The average Bonchev–Trinajstić information content (AvgIpc) is 2.81. The molecule has 31 heavy (non-hydrogen) atoms. The fourth-order valence-corrected chi connectivity index (χ4v) is 4.52. The molecule has 0 atom stereocenters. The highest BCUT2D eigenvalue weighted by Gasteiger charge is 2.28. The molecule has 2 rings (SSSR count). The number of esters is 1. The largest absolute Gasteiger partial charge is 0.462 e. The van der Waals surface area contributed by atoms with Crippen LogP contribution in [0.25, 0.3) is 11.3 Å². The number of aryl methyl sites for hydroxylation is 1. The van der Waals surface area contributed by atoms with Gasteiger partial charge in [-0.2, -0.15) is 0 Å². The molecule has 0 saturated heterocycles. The number of unbranched alkanes of at least 4 members (excludes halogenated alkanes) is 3. The van der Waals surface area contributed by atoms with Gasteiger partial charge in [0.15, 0.2) is 0 Å². The van der Waals surface area contributed by atoms with Gasteiger partial charge in [0.25, 0.3) is 0 Å². The topological polar surface area (TPSA) is 56.3 Å². The molecule has 0 bridgehead atoms. The van der Waals surface area contributed by atoms with Gasteiger partial charge in [-0.1, -0.05) is 89.1 Å². The van der Waals surface area contributed by atoms with Gasteiger partial charge < -0.3 is 4.74 Å². The van der Waals surface area contributed by atoms with Crippen LogP contribution < -0.4 is 0 Å². The number of thioether (sulfide) groups is 1. The molecular formula is C26H35NO3S. The van der Waals surface area contributed by atoms with Crippen molar-refractivity contribution in [3.05, 3.63) is 52.7 Å². The van der Waals surface area contributed by atoms with Crippen molar-refractivity contribution in [2.24, 2.45) is 0 Å². The van der Waals surface area contributed by atoms with E-state index in [4.69, 9.17) is 9.72 Å². The molecule has 1 aromatic heterocycles. The van der Waals surface area contributed by atoms with Gasteiger partial charge >= 0.3 is 5.97 Å². The van der Waals surface area contributed by atoms with Crippen molar-refractivity contribution < 1.29 is 14.3 Å². The number of hydrogen-bond acceptors (Lipinski definition) is 5. The first kappa shape index (κ1) is 25.1. The minimum Gasteiger partial charge on any atom is -0.462 e. The lowest BCUT2D eigenvalue weighted by Gasteiger charge is -2.19. The van der Waals surface area contributed by atoms with Gasteiger partial charge in [0, 0.05) is 11.3 Å². The third-order valence-electron chi connectivity index (χ3n) is 5.19. The third-order valence-corrected chi connectivity index (χ3v) is 6.15. The second-order valence-electron chi connectivity index (χ2n) is 7.54. The Balaban J connectivity index is 2.54. The van der Waals surface area contributed by atoms with Gasteiger partial charge in [-0.3, -0.25) is 9.78 Å². The van der Waals surface area contributed by atoms with Crippen LogP contribution in [0.2, 0.25) is 0 Å². The van der Waals surface area contributed by atoms with Gasteiger partial charge in [-0.25, -0.2) is 4.79 Å². The highest BCUT2D eigenvalue weighted by Crippen LogP contribution is 2.32. The minimum absolute atomic E-state index is 0.0156. The third kappa shape index (κ3) is 6.67. The van der Waals surface area contributed by atoms with E-state index in [1.807, 2.05) is 51.1 Å². The minimum atomic E-state index is -0.394. The van der Waals surface area contributed by atoms with Gasteiger partial charge in [-0.05, 0) is 31.2 Å². The van der Waals surface area contributed by atoms with E-state index in [2.05, 4.69) is 6.92 Å². The summed E-state index contributed by atoms with van der Waals surface area (Å²) in [4.78, 5) is 31.2. The number of nitrogens with zero attached hydrogens (tertiary/aromatic N) is 1. The van der Waals surface area contributed by atoms with E-state index in [-0.39, 0.29) is 5.12 Å². The smallest absolute Gasteiger partial charge is 0.340 e. The number of carbonyl (C=O) groups excluding carboxylic acids is 2. The summed E-state index contributed by atoms with van der Waals surface area (Å²) < 4.78 is 5.52. The molecule has 0 N–H and O–H groups in total. The van der Waals surface area contributed by atoms with E-state index in [1.54, 1.807) is 0 Å². The summed E-state index contributed by atoms with van der Waals surface area (Å²) in [5.74, 6) is 0.399. The first-order valence-corrected chi connectivity index (χ1v) is 12.5. The van der Waals surface area contributed by atoms with Crippen molar-refractivity contribution in [1.82, 2.24) is 4.98 Å². The van der Waals surface area contributed by atoms with Crippen LogP contribution in [0.15, 0.2) is 30.3 Å². The van der Waals surface area contributed by atoms with Crippen LogP contribution >= 0.6 is 11.8 Å². The van der Waals surface area contributed by atoms with E-state index in [1.165, 1.54) is 24.6 Å². The molecule has 0 fully saturated rings. The second-order valence-corrected chi connectivity index (χ2v) is 8.61. The Kier molecular flexibility index (Phi) is 10.8. The molecular weight excluding hydrogens is 406 g/mol. The summed E-state index contributed by atoms with van der Waals surface area (Å²) >= 11 is 1.35. The van der Waals surface area contributed by atoms with Crippen LogP contribution in [-0.2, 0) is 17.6 Å². The van der Waals surface area contributed by atoms with Crippen LogP contribution in [0, 0.1) is 0 Å². The zero-order valence-corrected chi connectivity index (χ0v) is 20.1. The Labute approximate surface area is 191 Å². The van der Waals surface area contributed by atoms with Crippen molar-refractivity contribution in [3.63, 3.8) is 0 Å². The summed E-state index contributed by atoms with van der Waals surface area (Å²) in [5.41, 5.74) is 4.04. The Morgan fingerprint density at radius 2 is 1.65 bits per heavy atom. The normalized spacial score (nSPS) is 10.8. The maximum absolute atomic E-state index is 13.2. The molecule has 0 amide bonds. The van der Waals surface area contributed by atoms with Crippen molar-refractivity contribution >= 4 is 22.8 Å². The Morgan fingerprint density at radius 1 is 0.903 bits per heavy atom. The molecule has 0 spiro atoms. The molecule has 0 unspecified atom stereocenters. The summed E-state index contributed by atoms with van der Waals surface area (Å²) in [6.45, 7) is 8.49. The summed E-state index contributed by atoms with van der Waals surface area (Å²) in [6.07, 6.45) is 6.47. The van der Waals surface area contributed by atoms with Crippen LogP contribution in [0.3, 0.4) is 0 Å². The molecule has 168 valence electrons. The SMILES string of the molecule is CCCCCCSC(=O)c1c(CC)nc(-c2ccccc2)c(C(=O)OCCC)c1CC. The lowest BCUT2D eigenvalue weighted by Crippen LogP contribution is -2.18. The zero-order chi connectivity index (χ0) is 22.6. The van der Waals surface area contributed by atoms with E-state index < -0.39 is 5.97 Å². The van der Waals surface area contributed by atoms with E-state index >= 15 is 0 Å². The van der Waals surface area contributed by atoms with Crippen molar-refractivity contribution in [2.45, 2.75) is 72.6 Å². The molecule has 0 aliphatic heterocycles. The Bertz CT molecular complexity index is 865. The lowest BCUT2D eigenvalue weighted by molar-refractivity contribution is 0.0504. The predicted octanol–water partition coefficient (Wildman–Crippen LogP) is 6.89. The van der Waals surface area contributed by atoms with Crippen LogP contribution in [-0.4, -0.2) is 28.4 Å². The fraction of sp³-hybridized carbons (Fsp3) is 0.500. The lowest BCUT2D eigenvalue weighted by atomic mass is 9.93. The number of ether oxygens (including phenoxy) is 1. The van der Waals surface area contributed by atoms with Gasteiger partial charge in [0.2, 0.25) is 5.12 Å². The van der Waals surface area contributed by atoms with Crippen LogP contribution in [0.5, 0.6) is 0 Å². The summed E-state index contributed by atoms with van der Waals surface area (Å²) in [7, 11) is 0. The Morgan fingerprint density at radius 3 is 2.26 bits per heavy atom. The molecule has 2 aromatic rings. The first-order valence-electron chi connectivity index (χ1n) is 11.5. The van der Waals surface area contributed by atoms with Crippen LogP contribution in [0.1, 0.15) is 91.8 Å². The molecule has 0 aliphatic rings.